The fraction of sp³-hybridized carbons (Fsp3) is 0.545. The van der Waals surface area contributed by atoms with Crippen molar-refractivity contribution >= 4 is 29.9 Å². The first-order chi connectivity index (χ1) is 13.7. The van der Waals surface area contributed by atoms with Gasteiger partial charge >= 0.3 is 0 Å². The molecule has 3 rings (SSSR count). The summed E-state index contributed by atoms with van der Waals surface area (Å²) >= 11 is 0. The fourth-order valence-corrected chi connectivity index (χ4v) is 3.93. The second-order valence-corrected chi connectivity index (χ2v) is 7.61. The highest BCUT2D eigenvalue weighted by Gasteiger charge is 2.33. The van der Waals surface area contributed by atoms with E-state index in [0.717, 1.165) is 49.2 Å². The third-order valence-electron chi connectivity index (χ3n) is 5.58. The molecule has 1 fully saturated rings. The average molecular weight is 511 g/mol. The Hall–Kier alpha value is -1.61. The van der Waals surface area contributed by atoms with Gasteiger partial charge in [0.05, 0.1) is 11.9 Å². The van der Waals surface area contributed by atoms with E-state index in [1.807, 2.05) is 24.4 Å². The van der Waals surface area contributed by atoms with Crippen molar-refractivity contribution in [3.8, 4) is 11.3 Å². The maximum Gasteiger partial charge on any atom is 0.191 e. The van der Waals surface area contributed by atoms with Crippen molar-refractivity contribution in [3.63, 3.8) is 0 Å². The Morgan fingerprint density at radius 2 is 1.97 bits per heavy atom. The van der Waals surface area contributed by atoms with Gasteiger partial charge in [-0.15, -0.1) is 24.0 Å². The third-order valence-corrected chi connectivity index (χ3v) is 5.58. The predicted molar refractivity (Wildman–Crippen MR) is 130 cm³/mol. The minimum Gasteiger partial charge on any atom is -0.385 e. The van der Waals surface area contributed by atoms with Crippen LogP contribution in [0.25, 0.3) is 11.3 Å². The quantitative estimate of drug-likeness (QED) is 0.266. The SMILES string of the molecule is CCNC(=NCc1ncc(-c2ccccc2)[nH]1)NCC1(CCOC)CCCC1.I. The molecule has 6 nitrogen and oxygen atoms in total. The van der Waals surface area contributed by atoms with Gasteiger partial charge < -0.3 is 20.4 Å². The van der Waals surface area contributed by atoms with Gasteiger partial charge in [0.25, 0.3) is 0 Å². The Morgan fingerprint density at radius 1 is 1.21 bits per heavy atom. The second kappa shape index (κ2) is 12.2. The molecule has 2 aromatic rings. The Bertz CT molecular complexity index is 741. The monoisotopic (exact) mass is 511 g/mol. The molecule has 1 aliphatic carbocycles. The van der Waals surface area contributed by atoms with Gasteiger partial charge in [-0.3, -0.25) is 0 Å². The molecule has 0 saturated heterocycles. The highest BCUT2D eigenvalue weighted by Crippen LogP contribution is 2.40. The standard InChI is InChI=1S/C22H33N5O.HI/c1-3-23-21(26-17-22(13-14-28-2)11-7-8-12-22)25-16-20-24-15-19(27-20)18-9-5-4-6-10-18;/h4-6,9-10,15H,3,7-8,11-14,16-17H2,1-2H3,(H,24,27)(H2,23,25,26);1H. The van der Waals surface area contributed by atoms with E-state index in [4.69, 9.17) is 9.73 Å². The number of aliphatic imine (C=N–C) groups is 1. The minimum atomic E-state index is 0. The normalized spacial score (nSPS) is 15.7. The lowest BCUT2D eigenvalue weighted by atomic mass is 9.83. The zero-order valence-corrected chi connectivity index (χ0v) is 19.9. The summed E-state index contributed by atoms with van der Waals surface area (Å²) in [6.45, 7) is 5.21. The summed E-state index contributed by atoms with van der Waals surface area (Å²) in [6.07, 6.45) is 8.14. The van der Waals surface area contributed by atoms with Crippen LogP contribution in [0.2, 0.25) is 0 Å². The van der Waals surface area contributed by atoms with Crippen molar-refractivity contribution in [1.29, 1.82) is 0 Å². The number of methoxy groups -OCH3 is 1. The van der Waals surface area contributed by atoms with Gasteiger partial charge in [-0.2, -0.15) is 0 Å². The predicted octanol–water partition coefficient (Wildman–Crippen LogP) is 4.35. The molecule has 0 spiro atoms. The molecule has 1 aliphatic rings. The van der Waals surface area contributed by atoms with Gasteiger partial charge in [0.15, 0.2) is 5.96 Å². The summed E-state index contributed by atoms with van der Waals surface area (Å²) < 4.78 is 5.34. The number of nitrogens with one attached hydrogen (secondary N) is 3. The van der Waals surface area contributed by atoms with E-state index in [1.54, 1.807) is 7.11 Å². The number of ether oxygens (including phenoxy) is 1. The number of hydrogen-bond donors (Lipinski definition) is 3. The summed E-state index contributed by atoms with van der Waals surface area (Å²) in [7, 11) is 1.79. The molecule has 1 heterocycles. The molecule has 1 aromatic heterocycles. The van der Waals surface area contributed by atoms with Crippen LogP contribution in [0.1, 0.15) is 44.9 Å². The molecular weight excluding hydrogens is 477 g/mol. The van der Waals surface area contributed by atoms with Crippen molar-refractivity contribution in [2.45, 2.75) is 45.6 Å². The molecule has 160 valence electrons. The van der Waals surface area contributed by atoms with Crippen molar-refractivity contribution in [2.24, 2.45) is 10.4 Å². The number of aromatic nitrogens is 2. The lowest BCUT2D eigenvalue weighted by Gasteiger charge is -2.29. The zero-order valence-electron chi connectivity index (χ0n) is 17.5. The molecule has 1 saturated carbocycles. The van der Waals surface area contributed by atoms with E-state index in [1.165, 1.54) is 25.7 Å². The van der Waals surface area contributed by atoms with Gasteiger partial charge in [0, 0.05) is 26.8 Å². The van der Waals surface area contributed by atoms with Crippen molar-refractivity contribution in [3.05, 3.63) is 42.4 Å². The molecule has 0 unspecified atom stereocenters. The van der Waals surface area contributed by atoms with Gasteiger partial charge in [-0.1, -0.05) is 43.2 Å². The first kappa shape index (κ1) is 23.7. The summed E-state index contributed by atoms with van der Waals surface area (Å²) in [4.78, 5) is 12.6. The number of guanidine groups is 1. The molecule has 29 heavy (non-hydrogen) atoms. The van der Waals surface area contributed by atoms with Crippen LogP contribution < -0.4 is 10.6 Å². The van der Waals surface area contributed by atoms with Crippen LogP contribution in [-0.4, -0.2) is 42.7 Å². The van der Waals surface area contributed by atoms with Crippen molar-refractivity contribution in [1.82, 2.24) is 20.6 Å². The number of halogens is 1. The highest BCUT2D eigenvalue weighted by molar-refractivity contribution is 14.0. The number of H-pyrrole nitrogens is 1. The summed E-state index contributed by atoms with van der Waals surface area (Å²) in [5.74, 6) is 1.72. The number of imidazole rings is 1. The lowest BCUT2D eigenvalue weighted by Crippen LogP contribution is -2.43. The highest BCUT2D eigenvalue weighted by atomic mass is 127. The maximum absolute atomic E-state index is 5.34. The van der Waals surface area contributed by atoms with Gasteiger partial charge in [-0.25, -0.2) is 9.98 Å². The molecule has 0 radical (unpaired) electrons. The van der Waals surface area contributed by atoms with Crippen LogP contribution in [-0.2, 0) is 11.3 Å². The lowest BCUT2D eigenvalue weighted by molar-refractivity contribution is 0.138. The molecule has 0 amide bonds. The third kappa shape index (κ3) is 6.99. The van der Waals surface area contributed by atoms with E-state index in [2.05, 4.69) is 39.7 Å². The van der Waals surface area contributed by atoms with Crippen LogP contribution in [0.5, 0.6) is 0 Å². The summed E-state index contributed by atoms with van der Waals surface area (Å²) in [5.41, 5.74) is 2.49. The van der Waals surface area contributed by atoms with Gasteiger partial charge in [-0.05, 0) is 37.2 Å². The molecule has 3 N–H and O–H groups in total. The smallest absolute Gasteiger partial charge is 0.191 e. The number of aromatic amines is 1. The fourth-order valence-electron chi connectivity index (χ4n) is 3.93. The molecule has 1 aromatic carbocycles. The Kier molecular flexibility index (Phi) is 9.93. The van der Waals surface area contributed by atoms with Gasteiger partial charge in [0.2, 0.25) is 0 Å². The summed E-state index contributed by atoms with van der Waals surface area (Å²) in [5, 5.41) is 6.92. The molecule has 0 aliphatic heterocycles. The number of nitrogens with zero attached hydrogens (tertiary/aromatic N) is 2. The number of hydrogen-bond acceptors (Lipinski definition) is 3. The van der Waals surface area contributed by atoms with E-state index >= 15 is 0 Å². The first-order valence-corrected chi connectivity index (χ1v) is 10.3. The Morgan fingerprint density at radius 3 is 2.66 bits per heavy atom. The van der Waals surface area contributed by atoms with Crippen molar-refractivity contribution < 1.29 is 4.74 Å². The number of rotatable bonds is 9. The van der Waals surface area contributed by atoms with Crippen molar-refractivity contribution in [2.75, 3.05) is 26.8 Å². The second-order valence-electron chi connectivity index (χ2n) is 7.61. The average Bonchev–Trinajstić information content (AvgIpc) is 3.40. The van der Waals surface area contributed by atoms with Crippen LogP contribution in [0, 0.1) is 5.41 Å². The van der Waals surface area contributed by atoms with Crippen LogP contribution in [0.3, 0.4) is 0 Å². The number of benzene rings is 1. The van der Waals surface area contributed by atoms with E-state index in [-0.39, 0.29) is 24.0 Å². The molecule has 7 heteroatoms. The van der Waals surface area contributed by atoms with Crippen LogP contribution in [0.4, 0.5) is 0 Å². The minimum absolute atomic E-state index is 0. The van der Waals surface area contributed by atoms with Gasteiger partial charge in [0.1, 0.15) is 12.4 Å². The molecular formula is C22H34IN5O. The topological polar surface area (TPSA) is 74.3 Å². The van der Waals surface area contributed by atoms with Crippen LogP contribution in [0.15, 0.2) is 41.5 Å². The first-order valence-electron chi connectivity index (χ1n) is 10.3. The largest absolute Gasteiger partial charge is 0.385 e. The Balaban J connectivity index is 0.00000300. The maximum atomic E-state index is 5.34. The molecule has 0 atom stereocenters. The van der Waals surface area contributed by atoms with E-state index in [0.29, 0.717) is 12.0 Å². The van der Waals surface area contributed by atoms with E-state index in [9.17, 15) is 0 Å². The van der Waals surface area contributed by atoms with E-state index < -0.39 is 0 Å². The molecule has 0 bridgehead atoms. The Labute approximate surface area is 191 Å². The van der Waals surface area contributed by atoms with Crippen LogP contribution >= 0.6 is 24.0 Å². The summed E-state index contributed by atoms with van der Waals surface area (Å²) in [6, 6.07) is 10.2. The zero-order chi connectivity index (χ0) is 19.7.